The van der Waals surface area contributed by atoms with E-state index in [4.69, 9.17) is 19.4 Å². The molecule has 47 heavy (non-hydrogen) atoms. The third-order valence-corrected chi connectivity index (χ3v) is 9.66. The van der Waals surface area contributed by atoms with Gasteiger partial charge in [-0.25, -0.2) is 4.79 Å². The lowest BCUT2D eigenvalue weighted by molar-refractivity contribution is 0.0767. The predicted molar refractivity (Wildman–Crippen MR) is 181 cm³/mol. The van der Waals surface area contributed by atoms with Gasteiger partial charge in [-0.15, -0.1) is 0 Å². The van der Waals surface area contributed by atoms with E-state index in [1.165, 1.54) is 16.5 Å². The fraction of sp³-hybridized carbons (Fsp3) is 0.405. The number of hydrogen-bond acceptors (Lipinski definition) is 9. The first kappa shape index (κ1) is 30.8. The Balaban J connectivity index is 1.15. The second-order valence-corrected chi connectivity index (χ2v) is 13.0. The van der Waals surface area contributed by atoms with Gasteiger partial charge < -0.3 is 29.5 Å². The Morgan fingerprint density at radius 3 is 2.68 bits per heavy atom. The van der Waals surface area contributed by atoms with Crippen molar-refractivity contribution in [2.75, 3.05) is 49.1 Å². The number of benzene rings is 3. The Bertz CT molecular complexity index is 1760. The largest absolute Gasteiger partial charge is 0.461 e. The molecule has 4 heterocycles. The molecule has 0 bridgehead atoms. The second-order valence-electron chi connectivity index (χ2n) is 13.0. The van der Waals surface area contributed by atoms with Crippen molar-refractivity contribution in [2.45, 2.75) is 57.3 Å². The van der Waals surface area contributed by atoms with Crippen LogP contribution in [0.4, 0.5) is 16.3 Å². The number of aromatic nitrogens is 2. The van der Waals surface area contributed by atoms with E-state index >= 15 is 0 Å². The normalized spacial score (nSPS) is 20.9. The molecule has 7 rings (SSSR count). The van der Waals surface area contributed by atoms with Crippen LogP contribution < -0.4 is 19.9 Å². The van der Waals surface area contributed by atoms with Gasteiger partial charge in [0.15, 0.2) is 0 Å². The van der Waals surface area contributed by atoms with Crippen LogP contribution in [0.5, 0.6) is 6.01 Å². The summed E-state index contributed by atoms with van der Waals surface area (Å²) in [5.74, 6) is 0.840. The van der Waals surface area contributed by atoms with Crippen molar-refractivity contribution in [3.05, 3.63) is 89.6 Å². The Morgan fingerprint density at radius 2 is 1.85 bits per heavy atom. The maximum atomic E-state index is 13.2. The molecule has 4 aromatic rings. The number of nitrogens with one attached hydrogen (secondary N) is 1. The number of piperazine rings is 1. The molecule has 10 heteroatoms. The maximum absolute atomic E-state index is 13.2. The summed E-state index contributed by atoms with van der Waals surface area (Å²) in [6.07, 6.45) is 2.74. The molecule has 1 unspecified atom stereocenters. The van der Waals surface area contributed by atoms with Crippen molar-refractivity contribution in [3.8, 4) is 12.1 Å². The number of ether oxygens (including phenoxy) is 2. The number of carbonyl (C=O) groups is 1. The van der Waals surface area contributed by atoms with Crippen molar-refractivity contribution >= 4 is 28.4 Å². The molecule has 2 fully saturated rings. The minimum atomic E-state index is -0.398. The van der Waals surface area contributed by atoms with Crippen LogP contribution in [0.15, 0.2) is 72.8 Å². The first-order chi connectivity index (χ1) is 23.0. The van der Waals surface area contributed by atoms with Crippen LogP contribution in [-0.4, -0.2) is 71.9 Å². The summed E-state index contributed by atoms with van der Waals surface area (Å²) < 4.78 is 12.0. The topological polar surface area (TPSA) is 107 Å². The van der Waals surface area contributed by atoms with E-state index in [9.17, 15) is 10.1 Å². The molecule has 10 nitrogen and oxygen atoms in total. The standard InChI is InChI=1S/C37H41N7O3/c1-37(17-8-19-39-37)26-47-35-40-32-24-42(33-14-7-12-28-11-5-6-13-30(28)33)20-16-31(32)34(41-35)43-21-22-44(29(23-43)15-18-38)36(45)46-25-27-9-3-2-4-10-27/h2-7,9-14,29,39H,8,15-17,19-26H2,1H3/t29?,37-/m0/s1. The second kappa shape index (κ2) is 13.5. The number of nitrogens with zero attached hydrogens (tertiary/aromatic N) is 6. The van der Waals surface area contributed by atoms with Gasteiger partial charge in [-0.3, -0.25) is 0 Å². The highest BCUT2D eigenvalue weighted by Crippen LogP contribution is 2.35. The molecule has 3 aliphatic rings. The van der Waals surface area contributed by atoms with Crippen molar-refractivity contribution < 1.29 is 14.3 Å². The molecule has 0 radical (unpaired) electrons. The van der Waals surface area contributed by atoms with Crippen molar-refractivity contribution in [1.29, 1.82) is 5.26 Å². The maximum Gasteiger partial charge on any atom is 0.410 e. The number of amides is 1. The highest BCUT2D eigenvalue weighted by molar-refractivity contribution is 5.94. The van der Waals surface area contributed by atoms with Gasteiger partial charge >= 0.3 is 12.1 Å². The zero-order valence-corrected chi connectivity index (χ0v) is 26.9. The smallest absolute Gasteiger partial charge is 0.410 e. The lowest BCUT2D eigenvalue weighted by Gasteiger charge is -2.42. The van der Waals surface area contributed by atoms with Gasteiger partial charge in [0.1, 0.15) is 19.0 Å². The van der Waals surface area contributed by atoms with Crippen LogP contribution in [0, 0.1) is 11.3 Å². The van der Waals surface area contributed by atoms with Crippen LogP contribution in [0.25, 0.3) is 10.8 Å². The van der Waals surface area contributed by atoms with Gasteiger partial charge in [0, 0.05) is 48.4 Å². The molecule has 0 saturated carbocycles. The fourth-order valence-corrected chi connectivity index (χ4v) is 7.08. The van der Waals surface area contributed by atoms with E-state index in [1.54, 1.807) is 4.90 Å². The zero-order chi connectivity index (χ0) is 32.2. The molecule has 2 saturated heterocycles. The molecule has 1 N–H and O–H groups in total. The summed E-state index contributed by atoms with van der Waals surface area (Å²) in [7, 11) is 0. The lowest BCUT2D eigenvalue weighted by atomic mass is 10.0. The fourth-order valence-electron chi connectivity index (χ4n) is 7.08. The molecule has 2 atom stereocenters. The van der Waals surface area contributed by atoms with Crippen LogP contribution in [-0.2, 0) is 24.3 Å². The van der Waals surface area contributed by atoms with Crippen LogP contribution in [0.1, 0.15) is 43.0 Å². The molecule has 0 aliphatic carbocycles. The van der Waals surface area contributed by atoms with Crippen molar-refractivity contribution in [3.63, 3.8) is 0 Å². The summed E-state index contributed by atoms with van der Waals surface area (Å²) in [4.78, 5) is 29.5. The molecule has 3 aromatic carbocycles. The van der Waals surface area contributed by atoms with Gasteiger partial charge in [0.25, 0.3) is 0 Å². The molecule has 1 amide bonds. The molecule has 242 valence electrons. The Hall–Kier alpha value is -4.88. The lowest BCUT2D eigenvalue weighted by Crippen LogP contribution is -2.55. The highest BCUT2D eigenvalue weighted by Gasteiger charge is 2.35. The Kier molecular flexibility index (Phi) is 8.81. The van der Waals surface area contributed by atoms with Gasteiger partial charge in [0.05, 0.1) is 30.8 Å². The number of nitriles is 1. The Morgan fingerprint density at radius 1 is 1.02 bits per heavy atom. The van der Waals surface area contributed by atoms with Crippen molar-refractivity contribution in [1.82, 2.24) is 20.2 Å². The summed E-state index contributed by atoms with van der Waals surface area (Å²) >= 11 is 0. The van der Waals surface area contributed by atoms with Crippen molar-refractivity contribution in [2.24, 2.45) is 0 Å². The first-order valence-corrected chi connectivity index (χ1v) is 16.6. The molecular weight excluding hydrogens is 590 g/mol. The third kappa shape index (κ3) is 6.67. The van der Waals surface area contributed by atoms with Crippen LogP contribution in [0.2, 0.25) is 0 Å². The van der Waals surface area contributed by atoms with E-state index < -0.39 is 6.09 Å². The highest BCUT2D eigenvalue weighted by atomic mass is 16.6. The monoisotopic (exact) mass is 631 g/mol. The van der Waals surface area contributed by atoms with Gasteiger partial charge in [-0.2, -0.15) is 15.2 Å². The first-order valence-electron chi connectivity index (χ1n) is 16.6. The number of hydrogen-bond donors (Lipinski definition) is 1. The van der Waals surface area contributed by atoms with Crippen LogP contribution >= 0.6 is 0 Å². The number of fused-ring (bicyclic) bond motifs is 2. The summed E-state index contributed by atoms with van der Waals surface area (Å²) in [6, 6.07) is 26.9. The van der Waals surface area contributed by atoms with E-state index in [0.717, 1.165) is 55.0 Å². The van der Waals surface area contributed by atoms with E-state index in [2.05, 4.69) is 70.6 Å². The van der Waals surface area contributed by atoms with Gasteiger partial charge in [0.2, 0.25) is 0 Å². The quantitative estimate of drug-likeness (QED) is 0.272. The van der Waals surface area contributed by atoms with E-state index in [-0.39, 0.29) is 24.6 Å². The third-order valence-electron chi connectivity index (χ3n) is 9.66. The zero-order valence-electron chi connectivity index (χ0n) is 26.9. The van der Waals surface area contributed by atoms with Gasteiger partial charge in [-0.1, -0.05) is 66.7 Å². The molecular formula is C37H41N7O3. The van der Waals surface area contributed by atoms with E-state index in [0.29, 0.717) is 38.8 Å². The SMILES string of the molecule is C[C@@]1(COc2nc3c(c(N4CCN(C(=O)OCc5ccccc5)C(CC#N)C4)n2)CCN(c2cccc4ccccc24)C3)CCCN1. The minimum Gasteiger partial charge on any atom is -0.461 e. The minimum absolute atomic E-state index is 0.113. The summed E-state index contributed by atoms with van der Waals surface area (Å²) in [5.41, 5.74) is 4.06. The molecule has 1 aromatic heterocycles. The molecule has 0 spiro atoms. The number of carbonyl (C=O) groups excluding carboxylic acids is 1. The van der Waals surface area contributed by atoms with Crippen LogP contribution in [0.3, 0.4) is 0 Å². The van der Waals surface area contributed by atoms with Gasteiger partial charge in [-0.05, 0) is 49.7 Å². The number of rotatable bonds is 8. The number of anilines is 2. The predicted octanol–water partition coefficient (Wildman–Crippen LogP) is 5.45. The molecule has 3 aliphatic heterocycles. The summed E-state index contributed by atoms with van der Waals surface area (Å²) in [6.45, 7) is 6.78. The average molecular weight is 632 g/mol. The average Bonchev–Trinajstić information content (AvgIpc) is 3.55. The summed E-state index contributed by atoms with van der Waals surface area (Å²) in [5, 5.41) is 15.7. The van der Waals surface area contributed by atoms with E-state index in [1.807, 2.05) is 30.3 Å². The Labute approximate surface area is 275 Å².